The maximum Gasteiger partial charge on any atom is 0.416 e. The number of aromatic nitrogens is 2. The molecule has 0 unspecified atom stereocenters. The van der Waals surface area contributed by atoms with Crippen molar-refractivity contribution in [2.75, 3.05) is 10.5 Å². The lowest BCUT2D eigenvalue weighted by Crippen LogP contribution is -2.15. The average molecular weight is 320 g/mol. The number of nitrogens with two attached hydrogens (primary N) is 1. The molecular weight excluding hydrogens is 309 g/mol. The third-order valence-corrected chi connectivity index (χ3v) is 3.87. The van der Waals surface area contributed by atoms with Gasteiger partial charge in [-0.2, -0.15) is 21.6 Å². The smallest absolute Gasteiger partial charge is 0.397 e. The lowest BCUT2D eigenvalue weighted by atomic mass is 10.2. The number of aryl methyl sites for hydroxylation is 1. The summed E-state index contributed by atoms with van der Waals surface area (Å²) in [6.45, 7) is 1.56. The second kappa shape index (κ2) is 4.95. The third-order valence-electron chi connectivity index (χ3n) is 2.59. The van der Waals surface area contributed by atoms with Crippen molar-refractivity contribution in [1.29, 1.82) is 0 Å². The minimum atomic E-state index is -4.55. The Balaban J connectivity index is 2.32. The molecular formula is C11H11F3N4O2S. The van der Waals surface area contributed by atoms with Crippen molar-refractivity contribution >= 4 is 21.4 Å². The van der Waals surface area contributed by atoms with Gasteiger partial charge in [-0.1, -0.05) is 0 Å². The van der Waals surface area contributed by atoms with E-state index in [9.17, 15) is 21.6 Å². The van der Waals surface area contributed by atoms with Crippen LogP contribution in [0.1, 0.15) is 11.4 Å². The van der Waals surface area contributed by atoms with Crippen LogP contribution in [0.25, 0.3) is 0 Å². The molecule has 4 N–H and O–H groups in total. The molecule has 6 nitrogen and oxygen atoms in total. The van der Waals surface area contributed by atoms with E-state index >= 15 is 0 Å². The Bertz CT molecular complexity index is 768. The molecule has 0 aliphatic rings. The zero-order valence-electron chi connectivity index (χ0n) is 10.7. The Labute approximate surface area is 118 Å². The first-order chi connectivity index (χ1) is 9.59. The van der Waals surface area contributed by atoms with Gasteiger partial charge in [-0.25, -0.2) is 4.98 Å². The number of nitrogens with zero attached hydrogens (tertiary/aromatic N) is 1. The van der Waals surface area contributed by atoms with Crippen molar-refractivity contribution in [2.24, 2.45) is 0 Å². The number of anilines is 2. The topological polar surface area (TPSA) is 101 Å². The van der Waals surface area contributed by atoms with Gasteiger partial charge in [0.05, 0.1) is 23.1 Å². The van der Waals surface area contributed by atoms with Gasteiger partial charge >= 0.3 is 6.18 Å². The summed E-state index contributed by atoms with van der Waals surface area (Å²) in [7, 11) is -3.99. The number of alkyl halides is 3. The van der Waals surface area contributed by atoms with Crippen LogP contribution in [0, 0.1) is 6.92 Å². The van der Waals surface area contributed by atoms with Crippen molar-refractivity contribution in [1.82, 2.24) is 9.97 Å². The van der Waals surface area contributed by atoms with E-state index in [1.54, 1.807) is 6.92 Å². The van der Waals surface area contributed by atoms with Crippen LogP contribution in [0.3, 0.4) is 0 Å². The summed E-state index contributed by atoms with van der Waals surface area (Å²) in [6, 6.07) is 2.36. The molecule has 1 aromatic heterocycles. The van der Waals surface area contributed by atoms with Gasteiger partial charge in [0.1, 0.15) is 5.82 Å². The summed E-state index contributed by atoms with van der Waals surface area (Å²) in [5, 5.41) is -0.209. The summed E-state index contributed by atoms with van der Waals surface area (Å²) < 4.78 is 63.6. The maximum absolute atomic E-state index is 12.5. The van der Waals surface area contributed by atoms with Gasteiger partial charge in [0.2, 0.25) is 0 Å². The van der Waals surface area contributed by atoms with Crippen LogP contribution in [0.5, 0.6) is 0 Å². The van der Waals surface area contributed by atoms with Crippen molar-refractivity contribution in [3.8, 4) is 0 Å². The van der Waals surface area contributed by atoms with Crippen molar-refractivity contribution in [3.63, 3.8) is 0 Å². The molecule has 0 atom stereocenters. The van der Waals surface area contributed by atoms with Gasteiger partial charge in [0.15, 0.2) is 5.03 Å². The molecule has 0 saturated carbocycles. The highest BCUT2D eigenvalue weighted by molar-refractivity contribution is 7.92. The molecule has 114 valence electrons. The normalized spacial score (nSPS) is 12.4. The fourth-order valence-electron chi connectivity index (χ4n) is 1.57. The van der Waals surface area contributed by atoms with Crippen LogP contribution in [0.15, 0.2) is 29.4 Å². The van der Waals surface area contributed by atoms with Crippen LogP contribution in [0.4, 0.5) is 24.5 Å². The minimum Gasteiger partial charge on any atom is -0.397 e. The molecule has 0 fully saturated rings. The predicted octanol–water partition coefficient (Wildman–Crippen LogP) is 2.12. The van der Waals surface area contributed by atoms with Gasteiger partial charge in [0, 0.05) is 0 Å². The minimum absolute atomic E-state index is 0.143. The molecule has 2 rings (SSSR count). The van der Waals surface area contributed by atoms with E-state index in [0.29, 0.717) is 11.9 Å². The fourth-order valence-corrected chi connectivity index (χ4v) is 2.63. The first kappa shape index (κ1) is 15.2. The monoisotopic (exact) mass is 320 g/mol. The molecule has 1 aromatic carbocycles. The number of benzene rings is 1. The molecule has 0 aliphatic carbocycles. The molecule has 0 bridgehead atoms. The quantitative estimate of drug-likeness (QED) is 0.754. The Morgan fingerprint density at radius 3 is 2.48 bits per heavy atom. The summed E-state index contributed by atoms with van der Waals surface area (Å²) in [5.74, 6) is 0.385. The second-order valence-corrected chi connectivity index (χ2v) is 5.89. The summed E-state index contributed by atoms with van der Waals surface area (Å²) in [5.41, 5.74) is 4.03. The van der Waals surface area contributed by atoms with Crippen molar-refractivity contribution in [2.45, 2.75) is 18.1 Å². The number of nitrogens with one attached hydrogen (secondary N) is 2. The summed E-state index contributed by atoms with van der Waals surface area (Å²) in [4.78, 5) is 6.25. The molecule has 0 saturated heterocycles. The number of aromatic amines is 1. The number of sulfonamides is 1. The number of imidazole rings is 1. The van der Waals surface area contributed by atoms with E-state index in [2.05, 4.69) is 14.7 Å². The van der Waals surface area contributed by atoms with Crippen LogP contribution in [0.2, 0.25) is 0 Å². The molecule has 0 spiro atoms. The van der Waals surface area contributed by atoms with Crippen LogP contribution in [-0.2, 0) is 16.2 Å². The highest BCUT2D eigenvalue weighted by atomic mass is 32.2. The number of H-pyrrole nitrogens is 1. The zero-order chi connectivity index (χ0) is 15.8. The highest BCUT2D eigenvalue weighted by Gasteiger charge is 2.31. The van der Waals surface area contributed by atoms with E-state index in [1.807, 2.05) is 0 Å². The molecule has 1 heterocycles. The third kappa shape index (κ3) is 3.27. The van der Waals surface area contributed by atoms with Crippen LogP contribution >= 0.6 is 0 Å². The standard InChI is InChI=1S/C11H11F3N4O2S/c1-6-16-5-10(17-6)21(19,20)18-9-3-2-7(4-8(9)15)11(12,13)14/h2-5,18H,15H2,1H3,(H,16,17). The lowest BCUT2D eigenvalue weighted by Gasteiger charge is -2.12. The Kier molecular flexibility index (Phi) is 3.58. The van der Waals surface area contributed by atoms with E-state index in [0.717, 1.165) is 18.3 Å². The number of halogens is 3. The fraction of sp³-hybridized carbons (Fsp3) is 0.182. The van der Waals surface area contributed by atoms with Crippen molar-refractivity contribution < 1.29 is 21.6 Å². The SMILES string of the molecule is Cc1ncc(S(=O)(=O)Nc2ccc(C(F)(F)F)cc2N)[nH]1. The lowest BCUT2D eigenvalue weighted by molar-refractivity contribution is -0.137. The van der Waals surface area contributed by atoms with Gasteiger partial charge in [-0.3, -0.25) is 4.72 Å². The van der Waals surface area contributed by atoms with Gasteiger partial charge in [0.25, 0.3) is 10.0 Å². The number of nitrogen functional groups attached to an aromatic ring is 1. The molecule has 2 aromatic rings. The Morgan fingerprint density at radius 1 is 1.33 bits per heavy atom. The van der Waals surface area contributed by atoms with E-state index in [-0.39, 0.29) is 16.4 Å². The molecule has 0 radical (unpaired) electrons. The van der Waals surface area contributed by atoms with E-state index in [4.69, 9.17) is 5.73 Å². The maximum atomic E-state index is 12.5. The van der Waals surface area contributed by atoms with E-state index in [1.165, 1.54) is 0 Å². The first-order valence-corrected chi connectivity index (χ1v) is 7.09. The molecule has 0 amide bonds. The predicted molar refractivity (Wildman–Crippen MR) is 70.0 cm³/mol. The summed E-state index contributed by atoms with van der Waals surface area (Å²) in [6.07, 6.45) is -3.45. The Morgan fingerprint density at radius 2 is 2.00 bits per heavy atom. The molecule has 10 heteroatoms. The zero-order valence-corrected chi connectivity index (χ0v) is 11.5. The largest absolute Gasteiger partial charge is 0.416 e. The van der Waals surface area contributed by atoms with Crippen LogP contribution < -0.4 is 10.5 Å². The van der Waals surface area contributed by atoms with Crippen LogP contribution in [-0.4, -0.2) is 18.4 Å². The number of rotatable bonds is 3. The second-order valence-electron chi connectivity index (χ2n) is 4.24. The van der Waals surface area contributed by atoms with E-state index < -0.39 is 21.8 Å². The Hall–Kier alpha value is -2.23. The summed E-state index contributed by atoms with van der Waals surface area (Å²) >= 11 is 0. The first-order valence-electron chi connectivity index (χ1n) is 5.61. The molecule has 21 heavy (non-hydrogen) atoms. The van der Waals surface area contributed by atoms with Crippen molar-refractivity contribution in [3.05, 3.63) is 35.8 Å². The number of hydrogen-bond acceptors (Lipinski definition) is 4. The van der Waals surface area contributed by atoms with Gasteiger partial charge < -0.3 is 10.7 Å². The highest BCUT2D eigenvalue weighted by Crippen LogP contribution is 2.33. The average Bonchev–Trinajstić information content (AvgIpc) is 2.78. The van der Waals surface area contributed by atoms with Gasteiger partial charge in [-0.05, 0) is 25.1 Å². The molecule has 0 aliphatic heterocycles. The number of hydrogen-bond donors (Lipinski definition) is 3. The van der Waals surface area contributed by atoms with Gasteiger partial charge in [-0.15, -0.1) is 0 Å².